The maximum atomic E-state index is 11.8. The summed E-state index contributed by atoms with van der Waals surface area (Å²) in [5.74, 6) is -0.205. The Bertz CT molecular complexity index is 475. The molecule has 1 aromatic heterocycles. The Hall–Kier alpha value is -1.98. The molecule has 0 unspecified atom stereocenters. The normalized spacial score (nSPS) is 12.8. The van der Waals surface area contributed by atoms with Gasteiger partial charge in [-0.05, 0) is 38.3 Å². The zero-order chi connectivity index (χ0) is 16.8. The first kappa shape index (κ1) is 18.1. The minimum absolute atomic E-state index is 0.118. The highest BCUT2D eigenvalue weighted by atomic mass is 16.6. The molecular formula is C16H26N2O4. The van der Waals surface area contributed by atoms with Crippen molar-refractivity contribution in [1.29, 1.82) is 0 Å². The lowest BCUT2D eigenvalue weighted by Gasteiger charge is -2.25. The van der Waals surface area contributed by atoms with Crippen LogP contribution < -0.4 is 5.32 Å². The predicted octanol–water partition coefficient (Wildman–Crippen LogP) is 2.65. The molecule has 0 aromatic carbocycles. The van der Waals surface area contributed by atoms with E-state index >= 15 is 0 Å². The first-order valence-electron chi connectivity index (χ1n) is 7.44. The highest BCUT2D eigenvalue weighted by Gasteiger charge is 2.22. The lowest BCUT2D eigenvalue weighted by molar-refractivity contribution is -0.143. The molecule has 1 aromatic rings. The van der Waals surface area contributed by atoms with Crippen LogP contribution in [0.3, 0.4) is 0 Å². The van der Waals surface area contributed by atoms with Gasteiger partial charge in [-0.2, -0.15) is 0 Å². The van der Waals surface area contributed by atoms with E-state index in [1.807, 2.05) is 19.9 Å². The van der Waals surface area contributed by atoms with E-state index in [1.165, 1.54) is 0 Å². The number of nitrogens with one attached hydrogen (secondary N) is 2. The summed E-state index contributed by atoms with van der Waals surface area (Å²) in [7, 11) is 0. The number of amides is 1. The third-order valence-corrected chi connectivity index (χ3v) is 2.94. The molecule has 0 aliphatic carbocycles. The van der Waals surface area contributed by atoms with Crippen molar-refractivity contribution in [3.8, 4) is 0 Å². The quantitative estimate of drug-likeness (QED) is 0.792. The number of H-pyrrole nitrogens is 1. The van der Waals surface area contributed by atoms with E-state index in [-0.39, 0.29) is 31.0 Å². The van der Waals surface area contributed by atoms with E-state index < -0.39 is 11.7 Å². The van der Waals surface area contributed by atoms with Crippen molar-refractivity contribution in [2.75, 3.05) is 6.61 Å². The highest BCUT2D eigenvalue weighted by Crippen LogP contribution is 2.09. The Kier molecular flexibility index (Phi) is 6.46. The zero-order valence-corrected chi connectivity index (χ0v) is 13.9. The number of hydrogen-bond acceptors (Lipinski definition) is 4. The fraction of sp³-hybridized carbons (Fsp3) is 0.625. The molecule has 6 nitrogen and oxygen atoms in total. The van der Waals surface area contributed by atoms with Gasteiger partial charge >= 0.3 is 12.1 Å². The molecule has 0 aliphatic heterocycles. The number of carbonyl (C=O) groups is 2. The molecule has 0 bridgehead atoms. The summed E-state index contributed by atoms with van der Waals surface area (Å²) >= 11 is 0. The molecule has 1 atom stereocenters. The molecular weight excluding hydrogens is 284 g/mol. The molecule has 22 heavy (non-hydrogen) atoms. The molecule has 6 heteroatoms. The van der Waals surface area contributed by atoms with Crippen molar-refractivity contribution in [3.63, 3.8) is 0 Å². The number of aromatic nitrogens is 1. The third kappa shape index (κ3) is 7.15. The fourth-order valence-corrected chi connectivity index (χ4v) is 1.73. The number of ether oxygens (including phenoxy) is 2. The topological polar surface area (TPSA) is 80.4 Å². The van der Waals surface area contributed by atoms with Crippen molar-refractivity contribution in [2.24, 2.45) is 5.92 Å². The van der Waals surface area contributed by atoms with Gasteiger partial charge in [0.1, 0.15) is 12.2 Å². The Balaban J connectivity index is 2.43. The molecule has 0 aliphatic rings. The van der Waals surface area contributed by atoms with E-state index in [0.717, 1.165) is 5.56 Å². The maximum Gasteiger partial charge on any atom is 0.407 e. The van der Waals surface area contributed by atoms with Crippen LogP contribution >= 0.6 is 0 Å². The van der Waals surface area contributed by atoms with Gasteiger partial charge < -0.3 is 19.8 Å². The van der Waals surface area contributed by atoms with Gasteiger partial charge in [0.05, 0.1) is 12.5 Å². The summed E-state index contributed by atoms with van der Waals surface area (Å²) in [6, 6.07) is 1.53. The Labute approximate surface area is 131 Å². The van der Waals surface area contributed by atoms with E-state index in [9.17, 15) is 9.59 Å². The largest absolute Gasteiger partial charge is 0.463 e. The second-order valence-corrected chi connectivity index (χ2v) is 6.58. The van der Waals surface area contributed by atoms with Crippen LogP contribution in [0, 0.1) is 5.92 Å². The Morgan fingerprint density at radius 3 is 2.50 bits per heavy atom. The summed E-state index contributed by atoms with van der Waals surface area (Å²) in [5, 5.41) is 2.74. The number of rotatable bonds is 6. The molecule has 1 rings (SSSR count). The summed E-state index contributed by atoms with van der Waals surface area (Å²) in [5.41, 5.74) is 0.308. The van der Waals surface area contributed by atoms with E-state index in [2.05, 4.69) is 10.3 Å². The minimum atomic E-state index is -0.559. The summed E-state index contributed by atoms with van der Waals surface area (Å²) in [4.78, 5) is 26.5. The van der Waals surface area contributed by atoms with Gasteiger partial charge in [-0.15, -0.1) is 0 Å². The SMILES string of the molecule is CC(C)[C@H](COC(=O)Cc1cc[nH]c1)NC(=O)OC(C)(C)C. The van der Waals surface area contributed by atoms with Crippen LogP contribution in [0.2, 0.25) is 0 Å². The van der Waals surface area contributed by atoms with Gasteiger partial charge in [0.25, 0.3) is 0 Å². The molecule has 0 radical (unpaired) electrons. The molecule has 0 fully saturated rings. The number of carbonyl (C=O) groups excluding carboxylic acids is 2. The van der Waals surface area contributed by atoms with Crippen LogP contribution in [0.1, 0.15) is 40.2 Å². The lowest BCUT2D eigenvalue weighted by Crippen LogP contribution is -2.44. The summed E-state index contributed by atoms with van der Waals surface area (Å²) in [6.45, 7) is 9.42. The third-order valence-electron chi connectivity index (χ3n) is 2.94. The van der Waals surface area contributed by atoms with E-state index in [4.69, 9.17) is 9.47 Å². The first-order chi connectivity index (χ1) is 10.2. The molecule has 0 saturated carbocycles. The maximum absolute atomic E-state index is 11.8. The van der Waals surface area contributed by atoms with Crippen molar-refractivity contribution < 1.29 is 19.1 Å². The van der Waals surface area contributed by atoms with Crippen molar-refractivity contribution in [2.45, 2.75) is 52.7 Å². The number of aromatic amines is 1. The van der Waals surface area contributed by atoms with Crippen LogP contribution in [0.4, 0.5) is 4.79 Å². The van der Waals surface area contributed by atoms with Gasteiger partial charge in [-0.25, -0.2) is 4.79 Å². The molecule has 0 spiro atoms. The van der Waals surface area contributed by atoms with Crippen LogP contribution in [-0.4, -0.2) is 35.3 Å². The summed E-state index contributed by atoms with van der Waals surface area (Å²) < 4.78 is 10.5. The number of alkyl carbamates (subject to hydrolysis) is 1. The van der Waals surface area contributed by atoms with Crippen LogP contribution in [0.15, 0.2) is 18.5 Å². The van der Waals surface area contributed by atoms with Crippen LogP contribution in [0.25, 0.3) is 0 Å². The molecule has 1 amide bonds. The molecule has 124 valence electrons. The molecule has 1 heterocycles. The average molecular weight is 310 g/mol. The van der Waals surface area contributed by atoms with Gasteiger partial charge in [-0.1, -0.05) is 13.8 Å². The summed E-state index contributed by atoms with van der Waals surface area (Å²) in [6.07, 6.45) is 3.21. The lowest BCUT2D eigenvalue weighted by atomic mass is 10.1. The number of hydrogen-bond donors (Lipinski definition) is 2. The Morgan fingerprint density at radius 2 is 2.00 bits per heavy atom. The highest BCUT2D eigenvalue weighted by molar-refractivity contribution is 5.72. The number of esters is 1. The van der Waals surface area contributed by atoms with Gasteiger partial charge in [0, 0.05) is 12.4 Å². The van der Waals surface area contributed by atoms with Crippen molar-refractivity contribution >= 4 is 12.1 Å². The standard InChI is InChI=1S/C16H26N2O4/c1-11(2)13(18-15(20)22-16(3,4)5)10-21-14(19)8-12-6-7-17-9-12/h6-7,9,11,13,17H,8,10H2,1-5H3,(H,18,20)/t13-/m0/s1. The van der Waals surface area contributed by atoms with E-state index in [1.54, 1.807) is 33.2 Å². The molecule has 0 saturated heterocycles. The first-order valence-corrected chi connectivity index (χ1v) is 7.44. The van der Waals surface area contributed by atoms with Gasteiger partial charge in [0.15, 0.2) is 0 Å². The minimum Gasteiger partial charge on any atom is -0.463 e. The second-order valence-electron chi connectivity index (χ2n) is 6.58. The fourth-order valence-electron chi connectivity index (χ4n) is 1.73. The Morgan fingerprint density at radius 1 is 1.32 bits per heavy atom. The molecule has 2 N–H and O–H groups in total. The predicted molar refractivity (Wildman–Crippen MR) is 83.5 cm³/mol. The van der Waals surface area contributed by atoms with Gasteiger partial charge in [-0.3, -0.25) is 4.79 Å². The van der Waals surface area contributed by atoms with Crippen molar-refractivity contribution in [1.82, 2.24) is 10.3 Å². The van der Waals surface area contributed by atoms with Crippen molar-refractivity contribution in [3.05, 3.63) is 24.0 Å². The monoisotopic (exact) mass is 310 g/mol. The smallest absolute Gasteiger partial charge is 0.407 e. The van der Waals surface area contributed by atoms with E-state index in [0.29, 0.717) is 0 Å². The van der Waals surface area contributed by atoms with Gasteiger partial charge in [0.2, 0.25) is 0 Å². The van der Waals surface area contributed by atoms with Crippen LogP contribution in [0.5, 0.6) is 0 Å². The zero-order valence-electron chi connectivity index (χ0n) is 13.9. The van der Waals surface area contributed by atoms with Crippen LogP contribution in [-0.2, 0) is 20.7 Å². The second kappa shape index (κ2) is 7.87. The average Bonchev–Trinajstić information content (AvgIpc) is 2.84.